The number of hydrogen-bond donors (Lipinski definition) is 0. The molecular weight excluding hydrogens is 395 g/mol. The van der Waals surface area contributed by atoms with Gasteiger partial charge in [0, 0.05) is 30.9 Å². The van der Waals surface area contributed by atoms with Crippen molar-refractivity contribution in [1.82, 2.24) is 0 Å². The van der Waals surface area contributed by atoms with E-state index in [1.807, 2.05) is 42.1 Å². The Labute approximate surface area is 147 Å². The molecule has 0 radical (unpaired) electrons. The van der Waals surface area contributed by atoms with Crippen LogP contribution in [0.2, 0.25) is 0 Å². The molecule has 1 fully saturated rings. The molecule has 1 aliphatic carbocycles. The van der Waals surface area contributed by atoms with Gasteiger partial charge in [-0.2, -0.15) is 0 Å². The first kappa shape index (κ1) is 17.3. The van der Waals surface area contributed by atoms with Crippen LogP contribution in [0.15, 0.2) is 48.7 Å². The lowest BCUT2D eigenvalue weighted by atomic mass is 9.83. The van der Waals surface area contributed by atoms with E-state index in [-0.39, 0.29) is 42.7 Å². The Morgan fingerprint density at radius 2 is 1.82 bits per heavy atom. The summed E-state index contributed by atoms with van der Waals surface area (Å²) in [6.07, 6.45) is 3.43. The second-order valence-corrected chi connectivity index (χ2v) is 5.97. The van der Waals surface area contributed by atoms with Gasteiger partial charge < -0.3 is 24.0 Å². The summed E-state index contributed by atoms with van der Waals surface area (Å²) in [6, 6.07) is 14.2. The summed E-state index contributed by atoms with van der Waals surface area (Å²) in [5, 5.41) is 0. The molecule has 118 valence electrons. The summed E-state index contributed by atoms with van der Waals surface area (Å²) in [6.45, 7) is 0. The van der Waals surface area contributed by atoms with Crippen LogP contribution in [0.1, 0.15) is 37.3 Å². The lowest BCUT2D eigenvalue weighted by Gasteiger charge is -2.27. The first-order valence-corrected chi connectivity index (χ1v) is 7.48. The van der Waals surface area contributed by atoms with E-state index in [1.165, 1.54) is 0 Å². The molecule has 22 heavy (non-hydrogen) atoms. The zero-order valence-electron chi connectivity index (χ0n) is 12.6. The molecule has 1 heterocycles. The number of nitrogens with zero attached hydrogens (tertiary/aromatic N) is 1. The lowest BCUT2D eigenvalue weighted by molar-refractivity contribution is -0.680. The van der Waals surface area contributed by atoms with Crippen molar-refractivity contribution in [2.24, 2.45) is 7.05 Å². The Bertz CT molecular complexity index is 628. The Balaban J connectivity index is 0.00000176. The fraction of sp³-hybridized carbons (Fsp3) is 0.389. The van der Waals surface area contributed by atoms with Crippen LogP contribution in [0, 0.1) is 0 Å². The lowest BCUT2D eigenvalue weighted by Crippen LogP contribution is -3.00. The zero-order valence-corrected chi connectivity index (χ0v) is 14.8. The van der Waals surface area contributed by atoms with Crippen LogP contribution in [0.5, 0.6) is 0 Å². The quantitative estimate of drug-likeness (QED) is 0.517. The summed E-state index contributed by atoms with van der Waals surface area (Å²) in [5.74, 6) is -2.57. The van der Waals surface area contributed by atoms with Gasteiger partial charge in [-0.1, -0.05) is 30.3 Å². The van der Waals surface area contributed by atoms with Crippen molar-refractivity contribution in [1.29, 1.82) is 0 Å². The molecule has 4 heteroatoms. The highest BCUT2D eigenvalue weighted by molar-refractivity contribution is 5.62. The normalized spacial score (nSPS) is 20.2. The minimum Gasteiger partial charge on any atom is -1.00 e. The molecular formula is C18H20F2IN. The van der Waals surface area contributed by atoms with Gasteiger partial charge in [0.15, 0.2) is 11.9 Å². The van der Waals surface area contributed by atoms with Crippen LogP contribution in [-0.4, -0.2) is 5.92 Å². The third-order valence-electron chi connectivity index (χ3n) is 4.35. The number of hydrogen-bond acceptors (Lipinski definition) is 0. The summed E-state index contributed by atoms with van der Waals surface area (Å²) < 4.78 is 29.4. The van der Waals surface area contributed by atoms with Crippen molar-refractivity contribution in [3.8, 4) is 11.1 Å². The second kappa shape index (κ2) is 7.02. The topological polar surface area (TPSA) is 3.88 Å². The van der Waals surface area contributed by atoms with Crippen molar-refractivity contribution in [3.63, 3.8) is 0 Å². The monoisotopic (exact) mass is 415 g/mol. The molecule has 0 saturated heterocycles. The number of halogens is 3. The maximum absolute atomic E-state index is 13.7. The van der Waals surface area contributed by atoms with Crippen molar-refractivity contribution in [3.05, 3.63) is 54.4 Å². The molecule has 0 amide bonds. The number of rotatable bonds is 2. The van der Waals surface area contributed by atoms with Gasteiger partial charge >= 0.3 is 0 Å². The third-order valence-corrected chi connectivity index (χ3v) is 4.35. The van der Waals surface area contributed by atoms with E-state index in [9.17, 15) is 8.78 Å². The minimum absolute atomic E-state index is 0. The van der Waals surface area contributed by atoms with Crippen LogP contribution in [0.4, 0.5) is 8.78 Å². The fourth-order valence-electron chi connectivity index (χ4n) is 3.23. The molecule has 1 aromatic heterocycles. The smallest absolute Gasteiger partial charge is 0.249 e. The summed E-state index contributed by atoms with van der Waals surface area (Å²) in [5.41, 5.74) is 3.23. The molecule has 1 aromatic carbocycles. The molecule has 1 nitrogen and oxygen atoms in total. The van der Waals surface area contributed by atoms with Crippen LogP contribution in [-0.2, 0) is 7.05 Å². The molecule has 1 saturated carbocycles. The van der Waals surface area contributed by atoms with Crippen LogP contribution >= 0.6 is 0 Å². The van der Waals surface area contributed by atoms with Crippen molar-refractivity contribution >= 4 is 0 Å². The number of alkyl halides is 2. The van der Waals surface area contributed by atoms with Crippen molar-refractivity contribution in [2.45, 2.75) is 37.5 Å². The molecule has 1 atom stereocenters. The highest BCUT2D eigenvalue weighted by Crippen LogP contribution is 2.41. The van der Waals surface area contributed by atoms with Crippen molar-refractivity contribution in [2.75, 3.05) is 0 Å². The van der Waals surface area contributed by atoms with E-state index in [4.69, 9.17) is 0 Å². The van der Waals surface area contributed by atoms with Crippen molar-refractivity contribution < 1.29 is 37.3 Å². The minimum atomic E-state index is -2.52. The van der Waals surface area contributed by atoms with Gasteiger partial charge in [-0.05, 0) is 24.0 Å². The van der Waals surface area contributed by atoms with E-state index in [2.05, 4.69) is 18.2 Å². The van der Waals surface area contributed by atoms with Crippen LogP contribution in [0.3, 0.4) is 0 Å². The average Bonchev–Trinajstić information content (AvgIpc) is 2.47. The fourth-order valence-corrected chi connectivity index (χ4v) is 3.23. The number of aromatic nitrogens is 1. The van der Waals surface area contributed by atoms with Gasteiger partial charge in [0.25, 0.3) is 0 Å². The first-order chi connectivity index (χ1) is 10.1. The average molecular weight is 415 g/mol. The van der Waals surface area contributed by atoms with E-state index in [0.717, 1.165) is 23.2 Å². The molecule has 3 rings (SSSR count). The summed E-state index contributed by atoms with van der Waals surface area (Å²) in [7, 11) is 1.94. The first-order valence-electron chi connectivity index (χ1n) is 7.48. The number of benzene rings is 1. The number of aryl methyl sites for hydroxylation is 1. The van der Waals surface area contributed by atoms with Crippen LogP contribution in [0.25, 0.3) is 11.1 Å². The standard InChI is InChI=1S/C18H20F2N.HI/c1-21-11-9-15(14-6-3-2-4-7-14)12-17(21)16-8-5-10-18(19,20)13-16;/h2-4,6-7,9,11-12,16H,5,8,10,13H2,1H3;1H/q+1;/p-1. The van der Waals surface area contributed by atoms with E-state index in [1.54, 1.807) is 0 Å². The highest BCUT2D eigenvalue weighted by Gasteiger charge is 2.39. The van der Waals surface area contributed by atoms with Gasteiger partial charge in [-0.3, -0.25) is 0 Å². The highest BCUT2D eigenvalue weighted by atomic mass is 127. The molecule has 2 aromatic rings. The second-order valence-electron chi connectivity index (χ2n) is 5.97. The van der Waals surface area contributed by atoms with E-state index >= 15 is 0 Å². The van der Waals surface area contributed by atoms with Gasteiger partial charge in [-0.15, -0.1) is 0 Å². The molecule has 0 aliphatic heterocycles. The summed E-state index contributed by atoms with van der Waals surface area (Å²) in [4.78, 5) is 0. The zero-order chi connectivity index (χ0) is 14.9. The molecule has 0 bridgehead atoms. The van der Waals surface area contributed by atoms with Gasteiger partial charge in [0.2, 0.25) is 5.92 Å². The molecule has 1 unspecified atom stereocenters. The predicted octanol–water partition coefficient (Wildman–Crippen LogP) is 1.47. The largest absolute Gasteiger partial charge is 1.00 e. The molecule has 0 spiro atoms. The Hall–Kier alpha value is -1.04. The van der Waals surface area contributed by atoms with E-state index < -0.39 is 5.92 Å². The van der Waals surface area contributed by atoms with Gasteiger partial charge in [0.1, 0.15) is 7.05 Å². The molecule has 0 N–H and O–H groups in total. The van der Waals surface area contributed by atoms with Gasteiger partial charge in [0.05, 0.1) is 0 Å². The summed E-state index contributed by atoms with van der Waals surface area (Å²) >= 11 is 0. The van der Waals surface area contributed by atoms with E-state index in [0.29, 0.717) is 6.42 Å². The molecule has 1 aliphatic rings. The third kappa shape index (κ3) is 3.83. The van der Waals surface area contributed by atoms with Gasteiger partial charge in [-0.25, -0.2) is 13.3 Å². The Morgan fingerprint density at radius 1 is 1.09 bits per heavy atom. The Kier molecular flexibility index (Phi) is 5.53. The maximum atomic E-state index is 13.7. The predicted molar refractivity (Wildman–Crippen MR) is 79.2 cm³/mol. The van der Waals surface area contributed by atoms with Crippen LogP contribution < -0.4 is 28.5 Å². The number of pyridine rings is 1. The maximum Gasteiger partial charge on any atom is 0.249 e. The Morgan fingerprint density at radius 3 is 2.50 bits per heavy atom. The SMILES string of the molecule is C[n+]1ccc(-c2ccccc2)cc1C1CCCC(F)(F)C1.[I-].